The molecule has 0 bridgehead atoms. The van der Waals surface area contributed by atoms with Crippen molar-refractivity contribution in [1.29, 1.82) is 0 Å². The molecule has 1 N–H and O–H groups in total. The Labute approximate surface area is 149 Å². The van der Waals surface area contributed by atoms with Crippen molar-refractivity contribution in [2.75, 3.05) is 18.0 Å². The van der Waals surface area contributed by atoms with Crippen LogP contribution in [0.5, 0.6) is 5.75 Å². The molecule has 1 heterocycles. The number of anilines is 1. The molecule has 1 atom stereocenters. The molecule has 25 heavy (non-hydrogen) atoms. The quantitative estimate of drug-likeness (QED) is 0.734. The molecule has 0 aliphatic carbocycles. The van der Waals surface area contributed by atoms with E-state index in [9.17, 15) is 4.79 Å². The predicted octanol–water partition coefficient (Wildman–Crippen LogP) is 4.14. The summed E-state index contributed by atoms with van der Waals surface area (Å²) in [5.41, 5.74) is 2.50. The molecule has 4 nitrogen and oxygen atoms in total. The Hall–Kier alpha value is -2.49. The average Bonchev–Trinajstić information content (AvgIpc) is 3.08. The Balaban J connectivity index is 1.47. The van der Waals surface area contributed by atoms with Crippen molar-refractivity contribution in [3.63, 3.8) is 0 Å². The van der Waals surface area contributed by atoms with Crippen molar-refractivity contribution >= 4 is 11.7 Å². The van der Waals surface area contributed by atoms with Gasteiger partial charge in [0.15, 0.2) is 0 Å². The summed E-state index contributed by atoms with van der Waals surface area (Å²) in [6, 6.07) is 18.6. The van der Waals surface area contributed by atoms with Gasteiger partial charge in [-0.25, -0.2) is 0 Å². The fraction of sp³-hybridized carbons (Fsp3) is 0.381. The Morgan fingerprint density at radius 1 is 1.08 bits per heavy atom. The van der Waals surface area contributed by atoms with Gasteiger partial charge in [0.1, 0.15) is 11.9 Å². The molecule has 0 radical (unpaired) electrons. The Morgan fingerprint density at radius 2 is 1.84 bits per heavy atom. The summed E-state index contributed by atoms with van der Waals surface area (Å²) in [7, 11) is 0. The van der Waals surface area contributed by atoms with Gasteiger partial charge in [0.25, 0.3) is 0 Å². The number of carboxylic acids is 1. The van der Waals surface area contributed by atoms with Crippen molar-refractivity contribution < 1.29 is 14.6 Å². The molecule has 2 aromatic rings. The number of carbonyl (C=O) groups is 1. The van der Waals surface area contributed by atoms with E-state index in [1.807, 2.05) is 30.3 Å². The minimum absolute atomic E-state index is 0.234. The zero-order chi connectivity index (χ0) is 17.5. The summed E-state index contributed by atoms with van der Waals surface area (Å²) >= 11 is 0. The molecule has 1 aliphatic rings. The molecule has 4 heteroatoms. The maximum atomic E-state index is 10.5. The van der Waals surface area contributed by atoms with Crippen LogP contribution in [0, 0.1) is 0 Å². The van der Waals surface area contributed by atoms with Crippen molar-refractivity contribution in [1.82, 2.24) is 0 Å². The number of para-hydroxylation sites is 1. The number of rotatable bonds is 8. The van der Waals surface area contributed by atoms with Crippen molar-refractivity contribution in [2.24, 2.45) is 0 Å². The number of ether oxygens (including phenoxy) is 1. The van der Waals surface area contributed by atoms with Gasteiger partial charge in [0.2, 0.25) is 0 Å². The molecular formula is C21H25NO3. The third-order valence-electron chi connectivity index (χ3n) is 4.60. The fourth-order valence-corrected chi connectivity index (χ4v) is 3.23. The van der Waals surface area contributed by atoms with Crippen LogP contribution >= 0.6 is 0 Å². The molecule has 1 saturated heterocycles. The van der Waals surface area contributed by atoms with Crippen molar-refractivity contribution in [3.05, 3.63) is 60.2 Å². The second kappa shape index (κ2) is 8.56. The van der Waals surface area contributed by atoms with Crippen LogP contribution in [-0.4, -0.2) is 30.3 Å². The number of hydrogen-bond donors (Lipinski definition) is 1. The highest BCUT2D eigenvalue weighted by Gasteiger charge is 2.24. The van der Waals surface area contributed by atoms with Gasteiger partial charge in [-0.3, -0.25) is 4.79 Å². The number of unbranched alkanes of at least 4 members (excludes halogenated alkanes) is 1. The molecule has 3 rings (SSSR count). The summed E-state index contributed by atoms with van der Waals surface area (Å²) < 4.78 is 6.05. The van der Waals surface area contributed by atoms with E-state index in [1.165, 1.54) is 11.3 Å². The van der Waals surface area contributed by atoms with E-state index >= 15 is 0 Å². The third kappa shape index (κ3) is 5.24. The lowest BCUT2D eigenvalue weighted by molar-refractivity contribution is -0.137. The van der Waals surface area contributed by atoms with E-state index < -0.39 is 5.97 Å². The Kier molecular flexibility index (Phi) is 5.94. The normalized spacial score (nSPS) is 16.8. The first-order chi connectivity index (χ1) is 12.2. The lowest BCUT2D eigenvalue weighted by atomic mass is 10.1. The van der Waals surface area contributed by atoms with Crippen LogP contribution in [0.25, 0.3) is 0 Å². The van der Waals surface area contributed by atoms with Crippen LogP contribution in [0.2, 0.25) is 0 Å². The van der Waals surface area contributed by atoms with Crippen molar-refractivity contribution in [2.45, 2.75) is 38.2 Å². The van der Waals surface area contributed by atoms with Gasteiger partial charge in [0, 0.05) is 25.1 Å². The molecule has 0 aromatic heterocycles. The summed E-state index contributed by atoms with van der Waals surface area (Å²) in [5.74, 6) is 0.225. The average molecular weight is 339 g/mol. The largest absolute Gasteiger partial charge is 0.489 e. The summed E-state index contributed by atoms with van der Waals surface area (Å²) in [4.78, 5) is 12.9. The number of hydrogen-bond acceptors (Lipinski definition) is 3. The minimum atomic E-state index is -0.711. The van der Waals surface area contributed by atoms with Crippen LogP contribution in [0.4, 0.5) is 5.69 Å². The molecule has 132 valence electrons. The zero-order valence-electron chi connectivity index (χ0n) is 14.4. The van der Waals surface area contributed by atoms with Crippen LogP contribution in [0.3, 0.4) is 0 Å². The molecule has 1 fully saturated rings. The van der Waals surface area contributed by atoms with Gasteiger partial charge in [-0.05, 0) is 49.1 Å². The highest BCUT2D eigenvalue weighted by Crippen LogP contribution is 2.24. The monoisotopic (exact) mass is 339 g/mol. The first kappa shape index (κ1) is 17.3. The van der Waals surface area contributed by atoms with Gasteiger partial charge in [-0.1, -0.05) is 30.3 Å². The molecule has 2 aromatic carbocycles. The van der Waals surface area contributed by atoms with E-state index in [-0.39, 0.29) is 12.5 Å². The van der Waals surface area contributed by atoms with Crippen LogP contribution in [-0.2, 0) is 11.2 Å². The van der Waals surface area contributed by atoms with Gasteiger partial charge < -0.3 is 14.7 Å². The van der Waals surface area contributed by atoms with Gasteiger partial charge in [-0.15, -0.1) is 0 Å². The molecule has 0 spiro atoms. The lowest BCUT2D eigenvalue weighted by Gasteiger charge is -2.19. The van der Waals surface area contributed by atoms with Crippen LogP contribution < -0.4 is 9.64 Å². The lowest BCUT2D eigenvalue weighted by Crippen LogP contribution is -2.24. The summed E-state index contributed by atoms with van der Waals surface area (Å²) in [6.07, 6.45) is 4.12. The molecular weight excluding hydrogens is 314 g/mol. The molecule has 0 saturated carbocycles. The van der Waals surface area contributed by atoms with Crippen LogP contribution in [0.15, 0.2) is 54.6 Å². The molecule has 0 unspecified atom stereocenters. The topological polar surface area (TPSA) is 49.8 Å². The summed E-state index contributed by atoms with van der Waals surface area (Å²) in [6.45, 7) is 1.92. The second-order valence-electron chi connectivity index (χ2n) is 6.55. The van der Waals surface area contributed by atoms with Crippen molar-refractivity contribution in [3.8, 4) is 5.75 Å². The fourth-order valence-electron chi connectivity index (χ4n) is 3.23. The first-order valence-corrected chi connectivity index (χ1v) is 8.98. The molecule has 0 amide bonds. The number of benzene rings is 2. The highest BCUT2D eigenvalue weighted by atomic mass is 16.5. The van der Waals surface area contributed by atoms with E-state index in [4.69, 9.17) is 9.84 Å². The maximum absolute atomic E-state index is 10.5. The third-order valence-corrected chi connectivity index (χ3v) is 4.60. The predicted molar refractivity (Wildman–Crippen MR) is 99.3 cm³/mol. The maximum Gasteiger partial charge on any atom is 0.303 e. The van der Waals surface area contributed by atoms with E-state index in [0.29, 0.717) is 0 Å². The number of carboxylic acid groups (broad SMARTS) is 1. The van der Waals surface area contributed by atoms with Gasteiger partial charge in [-0.2, -0.15) is 0 Å². The standard InChI is InChI=1S/C21H25NO3/c23-21(24)9-5-4-6-17-10-12-18(13-11-17)22-15-14-20(16-22)25-19-7-2-1-3-8-19/h1-3,7-8,10-13,20H,4-6,9,14-16H2,(H,23,24)/t20-/m1/s1. The van der Waals surface area contributed by atoms with Gasteiger partial charge in [0.05, 0.1) is 6.54 Å². The Morgan fingerprint density at radius 3 is 2.56 bits per heavy atom. The second-order valence-corrected chi connectivity index (χ2v) is 6.55. The van der Waals surface area contributed by atoms with E-state index in [2.05, 4.69) is 29.2 Å². The number of aryl methyl sites for hydroxylation is 1. The minimum Gasteiger partial charge on any atom is -0.489 e. The van der Waals surface area contributed by atoms with E-state index in [1.54, 1.807) is 0 Å². The molecule has 1 aliphatic heterocycles. The Bertz CT molecular complexity index is 669. The first-order valence-electron chi connectivity index (χ1n) is 8.98. The van der Waals surface area contributed by atoms with E-state index in [0.717, 1.165) is 44.5 Å². The van der Waals surface area contributed by atoms with Gasteiger partial charge >= 0.3 is 5.97 Å². The number of nitrogens with zero attached hydrogens (tertiary/aromatic N) is 1. The van der Waals surface area contributed by atoms with Crippen LogP contribution in [0.1, 0.15) is 31.2 Å². The number of aliphatic carboxylic acids is 1. The summed E-state index contributed by atoms with van der Waals surface area (Å²) in [5, 5.41) is 8.67. The highest BCUT2D eigenvalue weighted by molar-refractivity contribution is 5.66. The zero-order valence-corrected chi connectivity index (χ0v) is 14.4. The SMILES string of the molecule is O=C(O)CCCCc1ccc(N2CC[C@@H](Oc3ccccc3)C2)cc1. The smallest absolute Gasteiger partial charge is 0.303 e.